The predicted octanol–water partition coefficient (Wildman–Crippen LogP) is 0.210. The summed E-state index contributed by atoms with van der Waals surface area (Å²) in [5.41, 5.74) is 1.99. The number of aromatic nitrogens is 2. The Hall–Kier alpha value is -1.89. The molecular weight excluding hydrogens is 284 g/mol. The number of amides is 2. The van der Waals surface area contributed by atoms with Gasteiger partial charge in [0.2, 0.25) is 0 Å². The zero-order valence-electron chi connectivity index (χ0n) is 12.6. The van der Waals surface area contributed by atoms with Gasteiger partial charge in [0.1, 0.15) is 0 Å². The summed E-state index contributed by atoms with van der Waals surface area (Å²) in [4.78, 5) is 23.6. The number of carbonyl (C=O) groups excluding carboxylic acids is 1. The summed E-state index contributed by atoms with van der Waals surface area (Å²) in [5.74, 6) is 0. The van der Waals surface area contributed by atoms with Crippen molar-refractivity contribution in [3.63, 3.8) is 0 Å². The van der Waals surface area contributed by atoms with E-state index >= 15 is 0 Å². The Morgan fingerprint density at radius 3 is 3.09 bits per heavy atom. The minimum atomic E-state index is -0.232. The Morgan fingerprint density at radius 2 is 2.27 bits per heavy atom. The van der Waals surface area contributed by atoms with E-state index in [1.54, 1.807) is 6.07 Å². The number of nitrogens with zero attached hydrogens (tertiary/aromatic N) is 2. The Kier molecular flexibility index (Phi) is 4.72. The van der Waals surface area contributed by atoms with Crippen molar-refractivity contribution in [1.82, 2.24) is 20.4 Å². The minimum Gasteiger partial charge on any atom is -0.376 e. The summed E-state index contributed by atoms with van der Waals surface area (Å²) in [6.45, 7) is 2.08. The maximum Gasteiger partial charge on any atom is 0.314 e. The third-order valence-corrected chi connectivity index (χ3v) is 4.15. The molecule has 0 aromatic carbocycles. The monoisotopic (exact) mass is 306 g/mol. The van der Waals surface area contributed by atoms with Crippen molar-refractivity contribution in [2.75, 3.05) is 19.7 Å². The van der Waals surface area contributed by atoms with E-state index in [2.05, 4.69) is 15.7 Å². The molecule has 7 heteroatoms. The molecule has 2 amide bonds. The SMILES string of the molecule is O=C(NCCn1nc2c(cc1=O)CCC2)NC[C@@H]1CCCO1. The van der Waals surface area contributed by atoms with Gasteiger partial charge in [0.05, 0.1) is 18.3 Å². The van der Waals surface area contributed by atoms with Crippen molar-refractivity contribution in [2.45, 2.75) is 44.8 Å². The number of nitrogens with one attached hydrogen (secondary N) is 2. The second-order valence-corrected chi connectivity index (χ2v) is 5.80. The number of carbonyl (C=O) groups is 1. The molecule has 1 fully saturated rings. The first-order valence-electron chi connectivity index (χ1n) is 7.95. The zero-order valence-corrected chi connectivity index (χ0v) is 12.6. The lowest BCUT2D eigenvalue weighted by molar-refractivity contribution is 0.111. The smallest absolute Gasteiger partial charge is 0.314 e. The van der Waals surface area contributed by atoms with Crippen LogP contribution in [0.4, 0.5) is 4.79 Å². The molecule has 22 heavy (non-hydrogen) atoms. The van der Waals surface area contributed by atoms with Crippen LogP contribution in [-0.2, 0) is 24.1 Å². The molecule has 1 aromatic heterocycles. The van der Waals surface area contributed by atoms with Gasteiger partial charge in [-0.2, -0.15) is 5.10 Å². The van der Waals surface area contributed by atoms with Gasteiger partial charge in [0.15, 0.2) is 0 Å². The summed E-state index contributed by atoms with van der Waals surface area (Å²) in [6.07, 6.45) is 5.13. The molecule has 1 aliphatic heterocycles. The molecular formula is C15H22N4O3. The van der Waals surface area contributed by atoms with Gasteiger partial charge in [0.25, 0.3) is 5.56 Å². The van der Waals surface area contributed by atoms with Crippen LogP contribution in [0.1, 0.15) is 30.5 Å². The Bertz CT molecular complexity index is 593. The van der Waals surface area contributed by atoms with Gasteiger partial charge in [-0.05, 0) is 37.7 Å². The number of rotatable bonds is 5. The summed E-state index contributed by atoms with van der Waals surface area (Å²) in [7, 11) is 0. The van der Waals surface area contributed by atoms with Crippen LogP contribution in [0.5, 0.6) is 0 Å². The quantitative estimate of drug-likeness (QED) is 0.814. The van der Waals surface area contributed by atoms with Crippen LogP contribution in [0.2, 0.25) is 0 Å². The molecule has 1 aliphatic carbocycles. The molecule has 2 N–H and O–H groups in total. The summed E-state index contributed by atoms with van der Waals surface area (Å²) >= 11 is 0. The Labute approximate surface area is 129 Å². The second-order valence-electron chi connectivity index (χ2n) is 5.80. The molecule has 0 saturated carbocycles. The molecule has 2 aliphatic rings. The molecule has 1 saturated heterocycles. The highest BCUT2D eigenvalue weighted by atomic mass is 16.5. The number of hydrogen-bond donors (Lipinski definition) is 2. The minimum absolute atomic E-state index is 0.0952. The number of fused-ring (bicyclic) bond motifs is 1. The van der Waals surface area contributed by atoms with Crippen molar-refractivity contribution in [2.24, 2.45) is 0 Å². The molecule has 120 valence electrons. The average Bonchev–Trinajstić information content (AvgIpc) is 3.16. The highest BCUT2D eigenvalue weighted by Gasteiger charge is 2.16. The molecule has 0 radical (unpaired) electrons. The van der Waals surface area contributed by atoms with E-state index in [0.29, 0.717) is 19.6 Å². The predicted molar refractivity (Wildman–Crippen MR) is 80.9 cm³/mol. The van der Waals surface area contributed by atoms with Gasteiger partial charge in [-0.25, -0.2) is 9.48 Å². The fourth-order valence-electron chi connectivity index (χ4n) is 2.95. The van der Waals surface area contributed by atoms with Crippen LogP contribution in [0.25, 0.3) is 0 Å². The topological polar surface area (TPSA) is 85.2 Å². The lowest BCUT2D eigenvalue weighted by atomic mass is 10.2. The van der Waals surface area contributed by atoms with E-state index in [0.717, 1.165) is 50.0 Å². The lowest BCUT2D eigenvalue weighted by Gasteiger charge is -2.12. The van der Waals surface area contributed by atoms with E-state index in [-0.39, 0.29) is 17.7 Å². The number of hydrogen-bond acceptors (Lipinski definition) is 4. The number of aryl methyl sites for hydroxylation is 2. The Morgan fingerprint density at radius 1 is 1.36 bits per heavy atom. The van der Waals surface area contributed by atoms with Gasteiger partial charge in [-0.1, -0.05) is 0 Å². The summed E-state index contributed by atoms with van der Waals surface area (Å²) in [6, 6.07) is 1.44. The maximum absolute atomic E-state index is 11.9. The molecule has 2 heterocycles. The van der Waals surface area contributed by atoms with Crippen molar-refractivity contribution < 1.29 is 9.53 Å². The van der Waals surface area contributed by atoms with Crippen LogP contribution in [0.3, 0.4) is 0 Å². The first-order chi connectivity index (χ1) is 10.7. The standard InChI is InChI=1S/C15H22N4O3/c20-14-9-11-3-1-5-13(11)18-19(14)7-6-16-15(21)17-10-12-4-2-8-22-12/h9,12H,1-8,10H2,(H2,16,17,21)/t12-/m0/s1. The van der Waals surface area contributed by atoms with E-state index in [1.165, 1.54) is 4.68 Å². The van der Waals surface area contributed by atoms with Crippen LogP contribution < -0.4 is 16.2 Å². The molecule has 7 nitrogen and oxygen atoms in total. The zero-order chi connectivity index (χ0) is 15.4. The third kappa shape index (κ3) is 3.65. The van der Waals surface area contributed by atoms with E-state index in [9.17, 15) is 9.59 Å². The number of ether oxygens (including phenoxy) is 1. The molecule has 3 rings (SSSR count). The van der Waals surface area contributed by atoms with Crippen LogP contribution in [0.15, 0.2) is 10.9 Å². The van der Waals surface area contributed by atoms with Gasteiger partial charge >= 0.3 is 6.03 Å². The first kappa shape index (κ1) is 15.0. The normalized spacial score (nSPS) is 19.9. The first-order valence-corrected chi connectivity index (χ1v) is 7.95. The highest BCUT2D eigenvalue weighted by Crippen LogP contribution is 2.16. The number of urea groups is 1. The van der Waals surface area contributed by atoms with Gasteiger partial charge in [-0.15, -0.1) is 0 Å². The largest absolute Gasteiger partial charge is 0.376 e. The molecule has 0 bridgehead atoms. The Balaban J connectivity index is 1.43. The van der Waals surface area contributed by atoms with E-state index in [4.69, 9.17) is 4.74 Å². The van der Waals surface area contributed by atoms with E-state index < -0.39 is 0 Å². The van der Waals surface area contributed by atoms with Gasteiger partial charge in [0, 0.05) is 25.8 Å². The lowest BCUT2D eigenvalue weighted by Crippen LogP contribution is -2.41. The fraction of sp³-hybridized carbons (Fsp3) is 0.667. The van der Waals surface area contributed by atoms with Crippen molar-refractivity contribution in [3.05, 3.63) is 27.7 Å². The summed E-state index contributed by atoms with van der Waals surface area (Å²) < 4.78 is 6.87. The maximum atomic E-state index is 11.9. The van der Waals surface area contributed by atoms with Crippen LogP contribution in [-0.4, -0.2) is 41.6 Å². The third-order valence-electron chi connectivity index (χ3n) is 4.15. The van der Waals surface area contributed by atoms with Crippen molar-refractivity contribution >= 4 is 6.03 Å². The second kappa shape index (κ2) is 6.91. The van der Waals surface area contributed by atoms with E-state index in [1.807, 2.05) is 0 Å². The molecule has 1 atom stereocenters. The van der Waals surface area contributed by atoms with Crippen molar-refractivity contribution in [3.8, 4) is 0 Å². The average molecular weight is 306 g/mol. The van der Waals surface area contributed by atoms with Crippen LogP contribution >= 0.6 is 0 Å². The van der Waals surface area contributed by atoms with Gasteiger partial charge in [-0.3, -0.25) is 4.79 Å². The molecule has 0 spiro atoms. The van der Waals surface area contributed by atoms with Crippen LogP contribution in [0, 0.1) is 0 Å². The molecule has 1 aromatic rings. The van der Waals surface area contributed by atoms with Gasteiger partial charge < -0.3 is 15.4 Å². The summed E-state index contributed by atoms with van der Waals surface area (Å²) in [5, 5.41) is 9.90. The van der Waals surface area contributed by atoms with Crippen molar-refractivity contribution in [1.29, 1.82) is 0 Å². The fourth-order valence-corrected chi connectivity index (χ4v) is 2.95. The highest BCUT2D eigenvalue weighted by molar-refractivity contribution is 5.73. The molecule has 0 unspecified atom stereocenters.